The number of benzene rings is 1. The Labute approximate surface area is 214 Å². The molecule has 0 spiro atoms. The van der Waals surface area contributed by atoms with E-state index in [0.29, 0.717) is 4.90 Å². The van der Waals surface area contributed by atoms with E-state index in [1.165, 1.54) is 13.8 Å². The van der Waals surface area contributed by atoms with Crippen LogP contribution < -0.4 is 10.6 Å². The predicted octanol–water partition coefficient (Wildman–Crippen LogP) is 1.09. The van der Waals surface area contributed by atoms with Crippen LogP contribution in [-0.4, -0.2) is 78.9 Å². The molecule has 2 aromatic heterocycles. The minimum Gasteiger partial charge on any atom is -0.382 e. The standard InChI is InChI=1S/C21H16B4F4N6O2/c1-9(36)35-18(2,3)17(37)33(20(22,23)21(35,24)25)14-6-10(4-5-12(14)26)13-7-11(19(27,28)29)15-16(30)31-8-32-34(13)15/h4-8H,1-3H3,(H2,30,31,32). The fourth-order valence-electron chi connectivity index (χ4n) is 4.65. The lowest BCUT2D eigenvalue weighted by molar-refractivity contribution is -0.150. The number of halogens is 4. The van der Waals surface area contributed by atoms with Crippen molar-refractivity contribution in [1.82, 2.24) is 19.5 Å². The van der Waals surface area contributed by atoms with E-state index < -0.39 is 62.6 Å². The number of carbonyl (C=O) groups excluding carboxylic acids is 2. The quantitative estimate of drug-likeness (QED) is 0.417. The SMILES string of the molecule is [B]C1([B])N(c2cc(-c3cc(C(F)(F)F)c4c(N)ncnn34)ccc2F)C(=O)C(C)(C)N(C(C)=O)C1([B])[B]. The zero-order chi connectivity index (χ0) is 27.9. The summed E-state index contributed by atoms with van der Waals surface area (Å²) in [6.45, 7) is 3.72. The summed E-state index contributed by atoms with van der Waals surface area (Å²) < 4.78 is 57.4. The first-order valence-electron chi connectivity index (χ1n) is 10.7. The van der Waals surface area contributed by atoms with Crippen molar-refractivity contribution in [2.75, 3.05) is 10.6 Å². The number of amides is 2. The minimum atomic E-state index is -4.82. The van der Waals surface area contributed by atoms with Gasteiger partial charge in [0.05, 0.1) is 48.3 Å². The van der Waals surface area contributed by atoms with Crippen molar-refractivity contribution in [3.8, 4) is 11.3 Å². The zero-order valence-electron chi connectivity index (χ0n) is 19.8. The van der Waals surface area contributed by atoms with Crippen LogP contribution in [0.3, 0.4) is 0 Å². The Balaban J connectivity index is 1.97. The Morgan fingerprint density at radius 1 is 1.08 bits per heavy atom. The Hall–Kier alpha value is -3.44. The van der Waals surface area contributed by atoms with Crippen molar-refractivity contribution in [3.05, 3.63) is 42.0 Å². The monoisotopic (exact) mass is 504 g/mol. The van der Waals surface area contributed by atoms with Gasteiger partial charge in [0.15, 0.2) is 5.82 Å². The molecule has 0 aliphatic carbocycles. The van der Waals surface area contributed by atoms with Crippen LogP contribution in [0.2, 0.25) is 0 Å². The molecule has 1 aromatic carbocycles. The number of nitrogens with two attached hydrogens (primary N) is 1. The lowest BCUT2D eigenvalue weighted by Gasteiger charge is -2.65. The zero-order valence-corrected chi connectivity index (χ0v) is 19.8. The predicted molar refractivity (Wildman–Crippen MR) is 130 cm³/mol. The van der Waals surface area contributed by atoms with Gasteiger partial charge in [-0.3, -0.25) is 9.59 Å². The third-order valence-electron chi connectivity index (χ3n) is 6.35. The van der Waals surface area contributed by atoms with E-state index in [0.717, 1.165) is 46.9 Å². The molecule has 2 amide bonds. The number of rotatable bonds is 2. The molecular weight excluding hydrogens is 488 g/mol. The first-order chi connectivity index (χ1) is 16.8. The summed E-state index contributed by atoms with van der Waals surface area (Å²) in [5.41, 5.74) is 1.58. The first kappa shape index (κ1) is 26.6. The third-order valence-corrected chi connectivity index (χ3v) is 6.35. The lowest BCUT2D eigenvalue weighted by atomic mass is 9.35. The number of carbonyl (C=O) groups is 2. The number of nitrogen functional groups attached to an aromatic ring is 1. The van der Waals surface area contributed by atoms with Crippen LogP contribution >= 0.6 is 0 Å². The van der Waals surface area contributed by atoms with Gasteiger partial charge in [-0.15, -0.1) is 0 Å². The highest BCUT2D eigenvalue weighted by Gasteiger charge is 2.59. The molecule has 0 atom stereocenters. The average molecular weight is 504 g/mol. The van der Waals surface area contributed by atoms with Crippen molar-refractivity contribution >= 4 is 60.2 Å². The summed E-state index contributed by atoms with van der Waals surface area (Å²) in [6, 6.07) is 3.85. The number of nitrogens with zero attached hydrogens (tertiary/aromatic N) is 5. The van der Waals surface area contributed by atoms with E-state index >= 15 is 4.39 Å². The number of aromatic nitrogens is 3. The second-order valence-corrected chi connectivity index (χ2v) is 9.22. The molecule has 4 rings (SSSR count). The summed E-state index contributed by atoms with van der Waals surface area (Å²) in [7, 11) is 24.7. The maximum Gasteiger partial charge on any atom is 0.418 e. The summed E-state index contributed by atoms with van der Waals surface area (Å²) in [4.78, 5) is 30.9. The highest BCUT2D eigenvalue weighted by Crippen LogP contribution is 2.44. The fourth-order valence-corrected chi connectivity index (χ4v) is 4.65. The molecular formula is C21H16B4F4N6O2. The first-order valence-corrected chi connectivity index (χ1v) is 10.7. The van der Waals surface area contributed by atoms with Gasteiger partial charge in [-0.1, -0.05) is 0 Å². The normalized spacial score (nSPS) is 18.8. The van der Waals surface area contributed by atoms with E-state index in [2.05, 4.69) is 10.1 Å². The van der Waals surface area contributed by atoms with E-state index in [4.69, 9.17) is 37.1 Å². The summed E-state index contributed by atoms with van der Waals surface area (Å²) in [5, 5.41) is -1.10. The van der Waals surface area contributed by atoms with Gasteiger partial charge in [-0.2, -0.15) is 18.3 Å². The molecule has 1 saturated heterocycles. The fraction of sp³-hybridized carbons (Fsp3) is 0.333. The van der Waals surface area contributed by atoms with Crippen molar-refractivity contribution in [2.45, 2.75) is 43.2 Å². The Bertz CT molecular complexity index is 1460. The molecule has 182 valence electrons. The molecule has 8 radical (unpaired) electrons. The van der Waals surface area contributed by atoms with Crippen LogP contribution in [-0.2, 0) is 15.8 Å². The van der Waals surface area contributed by atoms with E-state index in [1.54, 1.807) is 0 Å². The third kappa shape index (κ3) is 3.71. The van der Waals surface area contributed by atoms with Gasteiger partial charge in [0, 0.05) is 12.5 Å². The topological polar surface area (TPSA) is 96.8 Å². The van der Waals surface area contributed by atoms with Crippen molar-refractivity contribution in [1.29, 1.82) is 0 Å². The molecule has 3 aromatic rings. The Morgan fingerprint density at radius 3 is 2.27 bits per heavy atom. The Kier molecular flexibility index (Phi) is 5.78. The Morgan fingerprint density at radius 2 is 1.70 bits per heavy atom. The molecule has 37 heavy (non-hydrogen) atoms. The largest absolute Gasteiger partial charge is 0.418 e. The van der Waals surface area contributed by atoms with E-state index in [-0.39, 0.29) is 11.3 Å². The van der Waals surface area contributed by atoms with Gasteiger partial charge < -0.3 is 15.5 Å². The van der Waals surface area contributed by atoms with Crippen LogP contribution in [0.4, 0.5) is 29.1 Å². The second-order valence-electron chi connectivity index (χ2n) is 9.22. The average Bonchev–Trinajstić information content (AvgIpc) is 3.15. The van der Waals surface area contributed by atoms with E-state index in [1.807, 2.05) is 0 Å². The maximum atomic E-state index is 15.2. The number of hydrogen-bond acceptors (Lipinski definition) is 5. The molecule has 2 N–H and O–H groups in total. The van der Waals surface area contributed by atoms with Crippen LogP contribution in [0.15, 0.2) is 30.6 Å². The molecule has 3 heterocycles. The number of piperazine rings is 1. The van der Waals surface area contributed by atoms with Crippen LogP contribution in [0.1, 0.15) is 26.3 Å². The molecule has 16 heteroatoms. The lowest BCUT2D eigenvalue weighted by Crippen LogP contribution is -2.85. The number of anilines is 2. The van der Waals surface area contributed by atoms with Gasteiger partial charge in [0.1, 0.15) is 23.2 Å². The molecule has 0 saturated carbocycles. The van der Waals surface area contributed by atoms with Crippen LogP contribution in [0.25, 0.3) is 16.8 Å². The maximum absolute atomic E-state index is 15.2. The molecule has 1 aliphatic rings. The van der Waals surface area contributed by atoms with Gasteiger partial charge in [0.2, 0.25) is 5.91 Å². The molecule has 1 fully saturated rings. The summed E-state index contributed by atoms with van der Waals surface area (Å²) in [5.74, 6) is -3.13. The summed E-state index contributed by atoms with van der Waals surface area (Å²) >= 11 is 0. The highest BCUT2D eigenvalue weighted by molar-refractivity contribution is 6.58. The highest BCUT2D eigenvalue weighted by atomic mass is 19.4. The van der Waals surface area contributed by atoms with Gasteiger partial charge in [-0.25, -0.2) is 13.9 Å². The second kappa shape index (κ2) is 8.03. The van der Waals surface area contributed by atoms with Crippen LogP contribution in [0.5, 0.6) is 0 Å². The smallest absolute Gasteiger partial charge is 0.382 e. The van der Waals surface area contributed by atoms with Gasteiger partial charge in [-0.05, 0) is 48.8 Å². The van der Waals surface area contributed by atoms with Gasteiger partial charge >= 0.3 is 6.18 Å². The van der Waals surface area contributed by atoms with Crippen molar-refractivity contribution in [3.63, 3.8) is 0 Å². The number of fused-ring (bicyclic) bond motifs is 1. The molecule has 8 nitrogen and oxygen atoms in total. The number of hydrogen-bond donors (Lipinski definition) is 1. The van der Waals surface area contributed by atoms with Crippen molar-refractivity contribution in [2.24, 2.45) is 0 Å². The van der Waals surface area contributed by atoms with Gasteiger partial charge in [0.25, 0.3) is 5.91 Å². The van der Waals surface area contributed by atoms with Crippen LogP contribution in [0, 0.1) is 5.82 Å². The van der Waals surface area contributed by atoms with E-state index in [9.17, 15) is 22.8 Å². The number of alkyl halides is 3. The molecule has 1 aliphatic heterocycles. The van der Waals surface area contributed by atoms with Crippen molar-refractivity contribution < 1.29 is 27.2 Å². The molecule has 0 unspecified atom stereocenters. The molecule has 0 bridgehead atoms. The minimum absolute atomic E-state index is 0.0185. The summed E-state index contributed by atoms with van der Waals surface area (Å²) in [6.07, 6.45) is -3.87.